The summed E-state index contributed by atoms with van der Waals surface area (Å²) < 4.78 is 31.6. The fourth-order valence-electron chi connectivity index (χ4n) is 0.985. The lowest BCUT2D eigenvalue weighted by Crippen LogP contribution is -2.01. The predicted molar refractivity (Wildman–Crippen MR) is 54.5 cm³/mol. The summed E-state index contributed by atoms with van der Waals surface area (Å²) in [6.07, 6.45) is 1.72. The molecule has 0 unspecified atom stereocenters. The predicted octanol–water partition coefficient (Wildman–Crippen LogP) is 3.91. The molecule has 0 aliphatic rings. The van der Waals surface area contributed by atoms with Crippen molar-refractivity contribution in [2.75, 3.05) is 6.61 Å². The summed E-state index contributed by atoms with van der Waals surface area (Å²) >= 11 is 2.99. The van der Waals surface area contributed by atoms with Gasteiger partial charge in [-0.2, -0.15) is 0 Å². The van der Waals surface area contributed by atoms with Crippen LogP contribution >= 0.6 is 15.9 Å². The van der Waals surface area contributed by atoms with Gasteiger partial charge in [-0.05, 0) is 18.6 Å². The summed E-state index contributed by atoms with van der Waals surface area (Å²) in [5, 5.41) is 0. The van der Waals surface area contributed by atoms with E-state index in [0.717, 1.165) is 12.8 Å². The molecule has 0 bridgehead atoms. The lowest BCUT2D eigenvalue weighted by molar-refractivity contribution is 0.278. The van der Waals surface area contributed by atoms with E-state index in [0.29, 0.717) is 11.1 Å². The Morgan fingerprint density at radius 3 is 2.36 bits per heavy atom. The van der Waals surface area contributed by atoms with E-state index in [1.165, 1.54) is 12.1 Å². The third-order valence-electron chi connectivity index (χ3n) is 1.71. The fourth-order valence-corrected chi connectivity index (χ4v) is 1.39. The third-order valence-corrected chi connectivity index (χ3v) is 2.17. The Bertz CT molecular complexity index is 292. The molecule has 1 nitrogen and oxygen atoms in total. The normalized spacial score (nSPS) is 10.3. The third kappa shape index (κ3) is 2.94. The number of unbranched alkanes of at least 4 members (excludes halogenated alkanes) is 1. The minimum absolute atomic E-state index is 0.290. The first-order valence-electron chi connectivity index (χ1n) is 4.42. The molecule has 0 saturated heterocycles. The zero-order valence-corrected chi connectivity index (χ0v) is 9.40. The molecule has 1 rings (SSSR count). The van der Waals surface area contributed by atoms with E-state index in [1.807, 2.05) is 6.92 Å². The van der Waals surface area contributed by atoms with Crippen molar-refractivity contribution in [2.24, 2.45) is 0 Å². The monoisotopic (exact) mass is 264 g/mol. The maximum atomic E-state index is 13.1. The van der Waals surface area contributed by atoms with E-state index in [-0.39, 0.29) is 5.75 Å². The number of ether oxygens (including phenoxy) is 1. The van der Waals surface area contributed by atoms with Crippen LogP contribution in [0.15, 0.2) is 16.6 Å². The van der Waals surface area contributed by atoms with Crippen molar-refractivity contribution in [1.82, 2.24) is 0 Å². The van der Waals surface area contributed by atoms with Gasteiger partial charge in [-0.25, -0.2) is 8.78 Å². The maximum absolute atomic E-state index is 13.1. The zero-order chi connectivity index (χ0) is 10.6. The summed E-state index contributed by atoms with van der Waals surface area (Å²) in [4.78, 5) is 0. The number of halogens is 3. The number of hydrogen-bond donors (Lipinski definition) is 0. The summed E-state index contributed by atoms with van der Waals surface area (Å²) in [5.74, 6) is -1.64. The number of rotatable bonds is 4. The lowest BCUT2D eigenvalue weighted by Gasteiger charge is -2.07. The molecular formula is C10H11BrF2O. The highest BCUT2D eigenvalue weighted by molar-refractivity contribution is 9.10. The van der Waals surface area contributed by atoms with Crippen LogP contribution < -0.4 is 4.74 Å². The van der Waals surface area contributed by atoms with Crippen molar-refractivity contribution >= 4 is 15.9 Å². The molecule has 4 heteroatoms. The van der Waals surface area contributed by atoms with Crippen LogP contribution in [0.5, 0.6) is 5.75 Å². The van der Waals surface area contributed by atoms with Gasteiger partial charge in [-0.1, -0.05) is 29.3 Å². The summed E-state index contributed by atoms with van der Waals surface area (Å²) in [5.41, 5.74) is 0. The lowest BCUT2D eigenvalue weighted by atomic mass is 10.3. The van der Waals surface area contributed by atoms with Crippen molar-refractivity contribution in [1.29, 1.82) is 0 Å². The van der Waals surface area contributed by atoms with E-state index in [1.54, 1.807) is 0 Å². The van der Waals surface area contributed by atoms with Crippen molar-refractivity contribution in [3.63, 3.8) is 0 Å². The van der Waals surface area contributed by atoms with E-state index in [9.17, 15) is 8.78 Å². The SMILES string of the molecule is CCCCOc1c(F)cc(Br)cc1F. The molecule has 14 heavy (non-hydrogen) atoms. The molecule has 0 aliphatic heterocycles. The molecule has 0 atom stereocenters. The molecule has 0 aromatic heterocycles. The minimum Gasteiger partial charge on any atom is -0.488 e. The van der Waals surface area contributed by atoms with Gasteiger partial charge in [0.05, 0.1) is 6.61 Å². The molecule has 0 N–H and O–H groups in total. The van der Waals surface area contributed by atoms with Gasteiger partial charge in [-0.15, -0.1) is 0 Å². The van der Waals surface area contributed by atoms with Crippen LogP contribution in [0.4, 0.5) is 8.78 Å². The first-order chi connectivity index (χ1) is 6.65. The summed E-state index contributed by atoms with van der Waals surface area (Å²) in [6.45, 7) is 2.32. The van der Waals surface area contributed by atoms with Crippen LogP contribution in [0.25, 0.3) is 0 Å². The van der Waals surface area contributed by atoms with Crippen LogP contribution in [0, 0.1) is 11.6 Å². The van der Waals surface area contributed by atoms with Gasteiger partial charge in [0.1, 0.15) is 0 Å². The first-order valence-corrected chi connectivity index (χ1v) is 5.21. The molecular weight excluding hydrogens is 254 g/mol. The van der Waals surface area contributed by atoms with Gasteiger partial charge < -0.3 is 4.74 Å². The highest BCUT2D eigenvalue weighted by Gasteiger charge is 2.11. The standard InChI is InChI=1S/C10H11BrF2O/c1-2-3-4-14-10-8(12)5-7(11)6-9(10)13/h5-6H,2-4H2,1H3. The van der Waals surface area contributed by atoms with Crippen molar-refractivity contribution in [3.8, 4) is 5.75 Å². The summed E-state index contributed by atoms with van der Waals surface area (Å²) in [7, 11) is 0. The fraction of sp³-hybridized carbons (Fsp3) is 0.400. The van der Waals surface area contributed by atoms with Gasteiger partial charge in [0.15, 0.2) is 17.4 Å². The second kappa shape index (κ2) is 5.29. The maximum Gasteiger partial charge on any atom is 0.190 e. The van der Waals surface area contributed by atoms with Gasteiger partial charge in [-0.3, -0.25) is 0 Å². The number of benzene rings is 1. The van der Waals surface area contributed by atoms with Crippen molar-refractivity contribution in [3.05, 3.63) is 28.2 Å². The molecule has 0 heterocycles. The Morgan fingerprint density at radius 2 is 1.86 bits per heavy atom. The first kappa shape index (κ1) is 11.4. The van der Waals surface area contributed by atoms with E-state index < -0.39 is 11.6 Å². The van der Waals surface area contributed by atoms with Gasteiger partial charge in [0.2, 0.25) is 0 Å². The Morgan fingerprint density at radius 1 is 1.29 bits per heavy atom. The molecule has 1 aromatic carbocycles. The van der Waals surface area contributed by atoms with E-state index in [4.69, 9.17) is 4.74 Å². The van der Waals surface area contributed by atoms with E-state index in [2.05, 4.69) is 15.9 Å². The van der Waals surface area contributed by atoms with Crippen LogP contribution in [-0.4, -0.2) is 6.61 Å². The Hall–Kier alpha value is -0.640. The molecule has 78 valence electrons. The van der Waals surface area contributed by atoms with Gasteiger partial charge >= 0.3 is 0 Å². The number of hydrogen-bond acceptors (Lipinski definition) is 1. The van der Waals surface area contributed by atoms with Crippen LogP contribution in [0.2, 0.25) is 0 Å². The zero-order valence-electron chi connectivity index (χ0n) is 7.82. The van der Waals surface area contributed by atoms with Crippen LogP contribution in [-0.2, 0) is 0 Å². The highest BCUT2D eigenvalue weighted by atomic mass is 79.9. The second-order valence-electron chi connectivity index (χ2n) is 2.90. The molecule has 1 aromatic rings. The topological polar surface area (TPSA) is 9.23 Å². The average molecular weight is 265 g/mol. The Labute approximate surface area is 90.2 Å². The highest BCUT2D eigenvalue weighted by Crippen LogP contribution is 2.25. The van der Waals surface area contributed by atoms with Crippen molar-refractivity contribution < 1.29 is 13.5 Å². The minimum atomic E-state index is -0.673. The van der Waals surface area contributed by atoms with Gasteiger partial charge in [0.25, 0.3) is 0 Å². The van der Waals surface area contributed by atoms with E-state index >= 15 is 0 Å². The Kier molecular flexibility index (Phi) is 4.32. The molecule has 0 saturated carbocycles. The molecule has 0 spiro atoms. The molecule has 0 fully saturated rings. The van der Waals surface area contributed by atoms with Crippen LogP contribution in [0.3, 0.4) is 0 Å². The molecule has 0 amide bonds. The van der Waals surface area contributed by atoms with Crippen LogP contribution in [0.1, 0.15) is 19.8 Å². The largest absolute Gasteiger partial charge is 0.488 e. The smallest absolute Gasteiger partial charge is 0.190 e. The summed E-state index contributed by atoms with van der Waals surface area (Å²) in [6, 6.07) is 2.37. The average Bonchev–Trinajstić information content (AvgIpc) is 2.09. The molecule has 0 aliphatic carbocycles. The Balaban J connectivity index is 2.75. The second-order valence-corrected chi connectivity index (χ2v) is 3.82. The van der Waals surface area contributed by atoms with Crippen molar-refractivity contribution in [2.45, 2.75) is 19.8 Å². The van der Waals surface area contributed by atoms with Gasteiger partial charge in [0, 0.05) is 4.47 Å². The quantitative estimate of drug-likeness (QED) is 0.750. The molecule has 0 radical (unpaired) electrons.